The second-order valence-corrected chi connectivity index (χ2v) is 5.41. The van der Waals surface area contributed by atoms with Crippen LogP contribution in [0.15, 0.2) is 41.0 Å². The standard InChI is InChI=1S/C17H19NO3/c19-11-15(16-6-3-9-21-16)18-17(20)14-8-7-12-4-1-2-5-13(12)10-14/h3,6-10,15,19H,1-2,4-5,11H2,(H,18,20). The highest BCUT2D eigenvalue weighted by molar-refractivity contribution is 5.94. The van der Waals surface area contributed by atoms with Gasteiger partial charge in [-0.15, -0.1) is 0 Å². The molecule has 1 atom stereocenters. The lowest BCUT2D eigenvalue weighted by atomic mass is 9.90. The van der Waals surface area contributed by atoms with Crippen LogP contribution in [-0.4, -0.2) is 17.6 Å². The van der Waals surface area contributed by atoms with Crippen molar-refractivity contribution in [3.05, 3.63) is 59.0 Å². The fourth-order valence-electron chi connectivity index (χ4n) is 2.81. The molecule has 1 aliphatic carbocycles. The number of rotatable bonds is 4. The van der Waals surface area contributed by atoms with Crippen molar-refractivity contribution in [2.75, 3.05) is 6.61 Å². The van der Waals surface area contributed by atoms with Gasteiger partial charge in [-0.1, -0.05) is 6.07 Å². The third kappa shape index (κ3) is 3.00. The first kappa shape index (κ1) is 13.9. The van der Waals surface area contributed by atoms with Crippen LogP contribution in [0.2, 0.25) is 0 Å². The van der Waals surface area contributed by atoms with Crippen LogP contribution in [-0.2, 0) is 12.8 Å². The molecule has 1 heterocycles. The minimum atomic E-state index is -0.511. The third-order valence-electron chi connectivity index (χ3n) is 3.99. The van der Waals surface area contributed by atoms with E-state index >= 15 is 0 Å². The van der Waals surface area contributed by atoms with Crippen LogP contribution in [0.4, 0.5) is 0 Å². The summed E-state index contributed by atoms with van der Waals surface area (Å²) < 4.78 is 5.24. The second kappa shape index (κ2) is 6.14. The van der Waals surface area contributed by atoms with Crippen molar-refractivity contribution >= 4 is 5.91 Å². The Labute approximate surface area is 123 Å². The normalized spacial score (nSPS) is 15.3. The summed E-state index contributed by atoms with van der Waals surface area (Å²) in [4.78, 5) is 12.3. The van der Waals surface area contributed by atoms with Crippen molar-refractivity contribution in [2.45, 2.75) is 31.7 Å². The van der Waals surface area contributed by atoms with Gasteiger partial charge >= 0.3 is 0 Å². The maximum absolute atomic E-state index is 12.3. The number of hydrogen-bond donors (Lipinski definition) is 2. The molecule has 1 aromatic carbocycles. The lowest BCUT2D eigenvalue weighted by Crippen LogP contribution is -2.30. The predicted molar refractivity (Wildman–Crippen MR) is 79.1 cm³/mol. The topological polar surface area (TPSA) is 62.5 Å². The molecule has 110 valence electrons. The van der Waals surface area contributed by atoms with Gasteiger partial charge in [-0.25, -0.2) is 0 Å². The number of carbonyl (C=O) groups excluding carboxylic acids is 1. The van der Waals surface area contributed by atoms with E-state index in [0.29, 0.717) is 11.3 Å². The molecule has 1 unspecified atom stereocenters. The van der Waals surface area contributed by atoms with Crippen molar-refractivity contribution in [1.82, 2.24) is 5.32 Å². The van der Waals surface area contributed by atoms with Gasteiger partial charge in [0, 0.05) is 5.56 Å². The molecule has 0 saturated carbocycles. The third-order valence-corrected chi connectivity index (χ3v) is 3.99. The molecule has 0 fully saturated rings. The number of amides is 1. The highest BCUT2D eigenvalue weighted by atomic mass is 16.3. The maximum Gasteiger partial charge on any atom is 0.251 e. The Morgan fingerprint density at radius 2 is 2.05 bits per heavy atom. The first-order valence-corrected chi connectivity index (χ1v) is 7.35. The van der Waals surface area contributed by atoms with E-state index in [1.807, 2.05) is 18.2 Å². The van der Waals surface area contributed by atoms with Crippen molar-refractivity contribution in [1.29, 1.82) is 0 Å². The molecule has 4 heteroatoms. The zero-order chi connectivity index (χ0) is 14.7. The predicted octanol–water partition coefficient (Wildman–Crippen LogP) is 2.62. The number of aryl methyl sites for hydroxylation is 2. The lowest BCUT2D eigenvalue weighted by molar-refractivity contribution is 0.0907. The summed E-state index contributed by atoms with van der Waals surface area (Å²) in [5.41, 5.74) is 3.26. The molecule has 4 nitrogen and oxygen atoms in total. The molecule has 1 amide bonds. The Hall–Kier alpha value is -2.07. The van der Waals surface area contributed by atoms with E-state index in [0.717, 1.165) is 12.8 Å². The number of furan rings is 1. The molecular weight excluding hydrogens is 266 g/mol. The minimum Gasteiger partial charge on any atom is -0.467 e. The number of nitrogens with one attached hydrogen (secondary N) is 1. The van der Waals surface area contributed by atoms with Crippen LogP contribution in [0.1, 0.15) is 46.1 Å². The molecule has 0 bridgehead atoms. The van der Waals surface area contributed by atoms with Crippen LogP contribution >= 0.6 is 0 Å². The van der Waals surface area contributed by atoms with Crippen LogP contribution in [0.5, 0.6) is 0 Å². The Kier molecular flexibility index (Phi) is 4.06. The van der Waals surface area contributed by atoms with E-state index in [1.54, 1.807) is 12.1 Å². The summed E-state index contributed by atoms with van der Waals surface area (Å²) in [6.45, 7) is -0.190. The second-order valence-electron chi connectivity index (χ2n) is 5.41. The average molecular weight is 285 g/mol. The lowest BCUT2D eigenvalue weighted by Gasteiger charge is -2.18. The molecule has 0 radical (unpaired) electrons. The van der Waals surface area contributed by atoms with Crippen LogP contribution in [0, 0.1) is 0 Å². The molecule has 1 aliphatic rings. The van der Waals surface area contributed by atoms with Gasteiger partial charge in [0.1, 0.15) is 11.8 Å². The van der Waals surface area contributed by atoms with Crippen molar-refractivity contribution in [3.8, 4) is 0 Å². The number of benzene rings is 1. The van der Waals surface area contributed by atoms with Gasteiger partial charge < -0.3 is 14.8 Å². The van der Waals surface area contributed by atoms with E-state index in [9.17, 15) is 9.90 Å². The number of aliphatic hydroxyl groups is 1. The molecule has 2 N–H and O–H groups in total. The highest BCUT2D eigenvalue weighted by Crippen LogP contribution is 2.22. The van der Waals surface area contributed by atoms with Crippen LogP contribution in [0.3, 0.4) is 0 Å². The van der Waals surface area contributed by atoms with Crippen LogP contribution in [0.25, 0.3) is 0 Å². The summed E-state index contributed by atoms with van der Waals surface area (Å²) in [7, 11) is 0. The number of carbonyl (C=O) groups is 1. The maximum atomic E-state index is 12.3. The zero-order valence-electron chi connectivity index (χ0n) is 11.8. The molecular formula is C17H19NO3. The van der Waals surface area contributed by atoms with Crippen molar-refractivity contribution < 1.29 is 14.3 Å². The van der Waals surface area contributed by atoms with Gasteiger partial charge in [0.05, 0.1) is 12.9 Å². The van der Waals surface area contributed by atoms with Crippen molar-refractivity contribution in [2.24, 2.45) is 0 Å². The summed E-state index contributed by atoms with van der Waals surface area (Å²) in [5.74, 6) is 0.377. The first-order chi connectivity index (χ1) is 10.3. The summed E-state index contributed by atoms with van der Waals surface area (Å²) >= 11 is 0. The SMILES string of the molecule is O=C(NC(CO)c1ccco1)c1ccc2c(c1)CCCC2. The average Bonchev–Trinajstić information content (AvgIpc) is 3.06. The quantitative estimate of drug-likeness (QED) is 0.907. The minimum absolute atomic E-state index is 0.182. The molecule has 0 saturated heterocycles. The van der Waals surface area contributed by atoms with Crippen LogP contribution < -0.4 is 5.32 Å². The number of fused-ring (bicyclic) bond motifs is 1. The molecule has 2 aromatic rings. The fraction of sp³-hybridized carbons (Fsp3) is 0.353. The van der Waals surface area contributed by atoms with E-state index in [-0.39, 0.29) is 12.5 Å². The Bertz CT molecular complexity index is 619. The zero-order valence-corrected chi connectivity index (χ0v) is 11.8. The highest BCUT2D eigenvalue weighted by Gasteiger charge is 2.18. The van der Waals surface area contributed by atoms with E-state index in [2.05, 4.69) is 5.32 Å². The van der Waals surface area contributed by atoms with Gasteiger partial charge in [-0.3, -0.25) is 4.79 Å². The van der Waals surface area contributed by atoms with Crippen molar-refractivity contribution in [3.63, 3.8) is 0 Å². The van der Waals surface area contributed by atoms with E-state index < -0.39 is 6.04 Å². The molecule has 1 aromatic heterocycles. The Balaban J connectivity index is 1.75. The number of hydrogen-bond acceptors (Lipinski definition) is 3. The van der Waals surface area contributed by atoms with E-state index in [4.69, 9.17) is 4.42 Å². The van der Waals surface area contributed by atoms with Gasteiger partial charge in [-0.2, -0.15) is 0 Å². The van der Waals surface area contributed by atoms with E-state index in [1.165, 1.54) is 30.2 Å². The molecule has 3 rings (SSSR count). The first-order valence-electron chi connectivity index (χ1n) is 7.35. The molecule has 0 spiro atoms. The monoisotopic (exact) mass is 285 g/mol. The summed E-state index contributed by atoms with van der Waals surface area (Å²) in [6.07, 6.45) is 6.08. The smallest absolute Gasteiger partial charge is 0.251 e. The van der Waals surface area contributed by atoms with Gasteiger partial charge in [-0.05, 0) is 61.1 Å². The largest absolute Gasteiger partial charge is 0.467 e. The number of aliphatic hydroxyl groups excluding tert-OH is 1. The fourth-order valence-corrected chi connectivity index (χ4v) is 2.81. The summed E-state index contributed by atoms with van der Waals surface area (Å²) in [5, 5.41) is 12.2. The Morgan fingerprint density at radius 3 is 2.76 bits per heavy atom. The summed E-state index contributed by atoms with van der Waals surface area (Å²) in [6, 6.07) is 8.85. The molecule has 21 heavy (non-hydrogen) atoms. The Morgan fingerprint density at radius 1 is 1.24 bits per heavy atom. The van der Waals surface area contributed by atoms with Gasteiger partial charge in [0.2, 0.25) is 0 Å². The van der Waals surface area contributed by atoms with Gasteiger partial charge in [0.15, 0.2) is 0 Å². The molecule has 0 aliphatic heterocycles. The van der Waals surface area contributed by atoms with Gasteiger partial charge in [0.25, 0.3) is 5.91 Å².